The molecule has 7 nitrogen and oxygen atoms in total. The number of rotatable bonds is 4. The molecule has 92 valence electrons. The molecule has 1 aromatic rings. The van der Waals surface area contributed by atoms with E-state index in [-0.39, 0.29) is 0 Å². The number of nitrogens with two attached hydrogens (primary N) is 2. The van der Waals surface area contributed by atoms with Gasteiger partial charge >= 0.3 is 6.09 Å². The molecule has 0 fully saturated rings. The zero-order valence-corrected chi connectivity index (χ0v) is 9.17. The molecule has 7 heteroatoms. The van der Waals surface area contributed by atoms with Crippen LogP contribution in [0.3, 0.4) is 0 Å². The van der Waals surface area contributed by atoms with Gasteiger partial charge in [-0.1, -0.05) is 12.1 Å². The predicted molar refractivity (Wildman–Crippen MR) is 58.7 cm³/mol. The van der Waals surface area contributed by atoms with Gasteiger partial charge in [0.15, 0.2) is 0 Å². The first-order chi connectivity index (χ1) is 8.08. The average Bonchev–Trinajstić information content (AvgIpc) is 2.35. The summed E-state index contributed by atoms with van der Waals surface area (Å²) < 4.78 is 4.72. The molecule has 0 bridgehead atoms. The molecule has 0 spiro atoms. The summed E-state index contributed by atoms with van der Waals surface area (Å²) in [6, 6.07) is 6.17. The quantitative estimate of drug-likeness (QED) is 0.630. The topological polar surface area (TPSA) is 117 Å². The van der Waals surface area contributed by atoms with Gasteiger partial charge in [-0.05, 0) is 12.1 Å². The molecular formula is C10H13N3O4. The van der Waals surface area contributed by atoms with Gasteiger partial charge in [-0.2, -0.15) is 5.90 Å². The number of nitrogens with one attached hydrogen (secondary N) is 1. The van der Waals surface area contributed by atoms with Crippen LogP contribution in [0.2, 0.25) is 0 Å². The number of hydrogen-bond acceptors (Lipinski definition) is 5. The van der Waals surface area contributed by atoms with E-state index in [1.165, 1.54) is 19.2 Å². The minimum Gasteiger partial charge on any atom is -0.431 e. The van der Waals surface area contributed by atoms with Crippen molar-refractivity contribution in [1.82, 2.24) is 5.32 Å². The van der Waals surface area contributed by atoms with E-state index in [1.807, 2.05) is 0 Å². The third-order valence-corrected chi connectivity index (χ3v) is 2.04. The molecule has 0 heterocycles. The molecule has 1 unspecified atom stereocenters. The molecule has 5 N–H and O–H groups in total. The van der Waals surface area contributed by atoms with Crippen molar-refractivity contribution < 1.29 is 19.2 Å². The van der Waals surface area contributed by atoms with E-state index in [4.69, 9.17) is 16.4 Å². The number of ether oxygens (including phenoxy) is 1. The molecule has 0 saturated heterocycles. The lowest BCUT2D eigenvalue weighted by Crippen LogP contribution is -2.31. The Morgan fingerprint density at radius 2 is 1.88 bits per heavy atom. The molecule has 0 saturated carbocycles. The lowest BCUT2D eigenvalue weighted by molar-refractivity contribution is -0.129. The van der Waals surface area contributed by atoms with E-state index in [1.54, 1.807) is 12.1 Å². The molecule has 1 aromatic carbocycles. The van der Waals surface area contributed by atoms with Gasteiger partial charge in [0.1, 0.15) is 5.75 Å². The monoisotopic (exact) mass is 239 g/mol. The fourth-order valence-electron chi connectivity index (χ4n) is 1.24. The minimum atomic E-state index is -1.09. The smallest absolute Gasteiger partial charge is 0.405 e. The first-order valence-corrected chi connectivity index (χ1v) is 4.73. The third-order valence-electron chi connectivity index (χ3n) is 2.04. The molecule has 17 heavy (non-hydrogen) atoms. The summed E-state index contributed by atoms with van der Waals surface area (Å²) in [6.07, 6.45) is -2.12. The largest absolute Gasteiger partial charge is 0.431 e. The van der Waals surface area contributed by atoms with Crippen molar-refractivity contribution in [2.75, 3.05) is 7.05 Å². The van der Waals surface area contributed by atoms with E-state index in [0.29, 0.717) is 11.3 Å². The Kier molecular flexibility index (Phi) is 4.29. The second kappa shape index (κ2) is 5.71. The summed E-state index contributed by atoms with van der Waals surface area (Å²) >= 11 is 0. The highest BCUT2D eigenvalue weighted by Gasteiger charge is 2.22. The lowest BCUT2D eigenvalue weighted by Gasteiger charge is -2.15. The molecule has 2 amide bonds. The molecule has 1 atom stereocenters. The Bertz CT molecular complexity index is 405. The van der Waals surface area contributed by atoms with E-state index >= 15 is 0 Å². The second-order valence-electron chi connectivity index (χ2n) is 3.12. The van der Waals surface area contributed by atoms with Gasteiger partial charge in [0.05, 0.1) is 0 Å². The number of carbonyl (C=O) groups is 2. The number of primary amides is 1. The van der Waals surface area contributed by atoms with Crippen molar-refractivity contribution in [1.29, 1.82) is 0 Å². The van der Waals surface area contributed by atoms with Crippen molar-refractivity contribution in [2.45, 2.75) is 6.10 Å². The summed E-state index contributed by atoms with van der Waals surface area (Å²) in [5, 5.41) is 2.37. The summed E-state index contributed by atoms with van der Waals surface area (Å²) in [5.74, 6) is 4.90. The highest BCUT2D eigenvalue weighted by Crippen LogP contribution is 2.20. The van der Waals surface area contributed by atoms with Gasteiger partial charge < -0.3 is 20.6 Å². The van der Waals surface area contributed by atoms with Crippen LogP contribution in [-0.4, -0.2) is 19.0 Å². The van der Waals surface area contributed by atoms with Crippen LogP contribution < -0.4 is 21.8 Å². The summed E-state index contributed by atoms with van der Waals surface area (Å²) in [7, 11) is 1.43. The van der Waals surface area contributed by atoms with Gasteiger partial charge in [0.25, 0.3) is 5.91 Å². The van der Waals surface area contributed by atoms with Gasteiger partial charge in [-0.3, -0.25) is 4.79 Å². The number of amides is 2. The summed E-state index contributed by atoms with van der Waals surface area (Å²) in [5.41, 5.74) is 5.36. The van der Waals surface area contributed by atoms with E-state index < -0.39 is 18.1 Å². The van der Waals surface area contributed by atoms with E-state index in [2.05, 4.69) is 10.2 Å². The average molecular weight is 239 g/mol. The predicted octanol–water partition coefficient (Wildman–Crippen LogP) is -0.179. The van der Waals surface area contributed by atoms with Gasteiger partial charge in [-0.25, -0.2) is 4.79 Å². The first-order valence-electron chi connectivity index (χ1n) is 4.73. The van der Waals surface area contributed by atoms with Crippen molar-refractivity contribution in [3.05, 3.63) is 29.8 Å². The van der Waals surface area contributed by atoms with Crippen LogP contribution in [0.25, 0.3) is 0 Å². The van der Waals surface area contributed by atoms with Crippen LogP contribution in [0.15, 0.2) is 24.3 Å². The SMILES string of the molecule is CNC(=O)C(OC(N)=O)c1ccc(ON)cc1. The Labute approximate surface area is 97.6 Å². The second-order valence-corrected chi connectivity index (χ2v) is 3.12. The number of hydrogen-bond donors (Lipinski definition) is 3. The van der Waals surface area contributed by atoms with Crippen molar-refractivity contribution >= 4 is 12.0 Å². The van der Waals surface area contributed by atoms with Crippen LogP contribution in [0, 0.1) is 0 Å². The highest BCUT2D eigenvalue weighted by atomic mass is 16.6. The maximum Gasteiger partial charge on any atom is 0.405 e. The van der Waals surface area contributed by atoms with Gasteiger partial charge in [0, 0.05) is 12.6 Å². The normalized spacial score (nSPS) is 11.4. The zero-order chi connectivity index (χ0) is 12.8. The van der Waals surface area contributed by atoms with E-state index in [0.717, 1.165) is 0 Å². The zero-order valence-electron chi connectivity index (χ0n) is 9.17. The summed E-state index contributed by atoms with van der Waals surface area (Å²) in [6.45, 7) is 0. The first kappa shape index (κ1) is 12.8. The van der Waals surface area contributed by atoms with Crippen LogP contribution in [0.5, 0.6) is 5.75 Å². The molecule has 0 aliphatic rings. The Balaban J connectivity index is 2.95. The van der Waals surface area contributed by atoms with Gasteiger partial charge in [-0.15, -0.1) is 0 Å². The van der Waals surface area contributed by atoms with Crippen LogP contribution in [-0.2, 0) is 9.53 Å². The Morgan fingerprint density at radius 3 is 2.29 bits per heavy atom. The summed E-state index contributed by atoms with van der Waals surface area (Å²) in [4.78, 5) is 26.7. The fourth-order valence-corrected chi connectivity index (χ4v) is 1.24. The maximum absolute atomic E-state index is 11.5. The van der Waals surface area contributed by atoms with Crippen molar-refractivity contribution in [3.8, 4) is 5.75 Å². The molecule has 0 aromatic heterocycles. The molecular weight excluding hydrogens is 226 g/mol. The number of likely N-dealkylation sites (N-methyl/N-ethyl adjacent to an activating group) is 1. The molecule has 0 aliphatic heterocycles. The molecule has 0 aliphatic carbocycles. The standard InChI is InChI=1S/C10H13N3O4/c1-13-9(14)8(16-10(11)15)6-2-4-7(17-12)5-3-6/h2-5,8H,12H2,1H3,(H2,11,15)(H,13,14). The lowest BCUT2D eigenvalue weighted by atomic mass is 10.1. The van der Waals surface area contributed by atoms with Gasteiger partial charge in [0.2, 0.25) is 6.10 Å². The fraction of sp³-hybridized carbons (Fsp3) is 0.200. The van der Waals surface area contributed by atoms with Crippen molar-refractivity contribution in [3.63, 3.8) is 0 Å². The number of benzene rings is 1. The third kappa shape index (κ3) is 3.35. The molecule has 0 radical (unpaired) electrons. The highest BCUT2D eigenvalue weighted by molar-refractivity contribution is 5.84. The van der Waals surface area contributed by atoms with Crippen LogP contribution >= 0.6 is 0 Å². The Morgan fingerprint density at radius 1 is 1.29 bits per heavy atom. The van der Waals surface area contributed by atoms with Crippen molar-refractivity contribution in [2.24, 2.45) is 11.6 Å². The van der Waals surface area contributed by atoms with Crippen LogP contribution in [0.1, 0.15) is 11.7 Å². The number of carbonyl (C=O) groups excluding carboxylic acids is 2. The Hall–Kier alpha value is -2.28. The maximum atomic E-state index is 11.5. The minimum absolute atomic E-state index is 0.420. The van der Waals surface area contributed by atoms with E-state index in [9.17, 15) is 9.59 Å². The van der Waals surface area contributed by atoms with Crippen LogP contribution in [0.4, 0.5) is 4.79 Å². The molecule has 1 rings (SSSR count).